The van der Waals surface area contributed by atoms with Gasteiger partial charge in [-0.2, -0.15) is 0 Å². The topological polar surface area (TPSA) is 66.8 Å². The molecule has 6 heteroatoms. The molecule has 2 saturated heterocycles. The lowest BCUT2D eigenvalue weighted by molar-refractivity contribution is -0.175. The van der Waals surface area contributed by atoms with E-state index < -0.39 is 28.3 Å². The van der Waals surface area contributed by atoms with Crippen LogP contribution in [0.2, 0.25) is 0 Å². The van der Waals surface area contributed by atoms with Crippen molar-refractivity contribution >= 4 is 23.6 Å². The highest BCUT2D eigenvalue weighted by atomic mass is 32.2. The first-order valence-electron chi connectivity index (χ1n) is 5.91. The number of esters is 1. The first kappa shape index (κ1) is 13.7. The second kappa shape index (κ2) is 3.87. The Morgan fingerprint density at radius 3 is 2.50 bits per heavy atom. The first-order chi connectivity index (χ1) is 8.11. The normalized spacial score (nSPS) is 34.0. The van der Waals surface area contributed by atoms with Gasteiger partial charge < -0.3 is 14.7 Å². The molecule has 1 amide bonds. The molecule has 2 aliphatic rings. The molecule has 102 valence electrons. The van der Waals surface area contributed by atoms with Crippen molar-refractivity contribution in [1.82, 2.24) is 4.90 Å². The summed E-state index contributed by atoms with van der Waals surface area (Å²) in [6, 6.07) is -0.566. The third kappa shape index (κ3) is 1.73. The summed E-state index contributed by atoms with van der Waals surface area (Å²) in [4.78, 5) is 25.5. The molecule has 2 aliphatic heterocycles. The number of β-lactam (4-membered cyclic amide) rings is 1. The zero-order chi connectivity index (χ0) is 13.9. The fraction of sp³-hybridized carbons (Fsp3) is 0.833. The van der Waals surface area contributed by atoms with Crippen molar-refractivity contribution in [1.29, 1.82) is 0 Å². The van der Waals surface area contributed by atoms with Crippen LogP contribution in [-0.2, 0) is 14.3 Å². The molecule has 5 nitrogen and oxygen atoms in total. The van der Waals surface area contributed by atoms with Crippen LogP contribution in [0.4, 0.5) is 0 Å². The summed E-state index contributed by atoms with van der Waals surface area (Å²) in [5.41, 5.74) is -1.06. The van der Waals surface area contributed by atoms with Gasteiger partial charge in [0.2, 0.25) is 5.91 Å². The Hall–Kier alpha value is -0.750. The molecule has 0 bridgehead atoms. The predicted molar refractivity (Wildman–Crippen MR) is 67.9 cm³/mol. The molecule has 0 radical (unpaired) electrons. The summed E-state index contributed by atoms with van der Waals surface area (Å²) >= 11 is 1.55. The molecule has 0 unspecified atom stereocenters. The van der Waals surface area contributed by atoms with Crippen molar-refractivity contribution in [2.24, 2.45) is 5.92 Å². The number of ether oxygens (including phenoxy) is 1. The zero-order valence-corrected chi connectivity index (χ0v) is 12.1. The summed E-state index contributed by atoms with van der Waals surface area (Å²) in [6.07, 6.45) is 0. The summed E-state index contributed by atoms with van der Waals surface area (Å²) < 4.78 is 4.39. The number of aliphatic hydroxyl groups is 1. The third-order valence-electron chi connectivity index (χ3n) is 3.63. The molecule has 1 N–H and O–H groups in total. The highest BCUT2D eigenvalue weighted by molar-refractivity contribution is 8.01. The monoisotopic (exact) mass is 273 g/mol. The second-order valence-electron chi connectivity index (χ2n) is 5.91. The van der Waals surface area contributed by atoms with E-state index in [1.165, 1.54) is 7.11 Å². The van der Waals surface area contributed by atoms with Gasteiger partial charge in [-0.05, 0) is 27.7 Å². The average molecular weight is 273 g/mol. The van der Waals surface area contributed by atoms with Gasteiger partial charge in [0.05, 0.1) is 24.0 Å². The van der Waals surface area contributed by atoms with Crippen LogP contribution in [0.1, 0.15) is 27.7 Å². The lowest BCUT2D eigenvalue weighted by Gasteiger charge is -2.48. The highest BCUT2D eigenvalue weighted by Crippen LogP contribution is 2.55. The Kier molecular flexibility index (Phi) is 2.94. The molecule has 18 heavy (non-hydrogen) atoms. The number of carbonyl (C=O) groups is 2. The van der Waals surface area contributed by atoms with Crippen LogP contribution in [0.5, 0.6) is 0 Å². The number of rotatable bonds is 2. The Bertz CT molecular complexity index is 401. The van der Waals surface area contributed by atoms with Crippen molar-refractivity contribution in [2.45, 2.75) is 49.5 Å². The van der Waals surface area contributed by atoms with Gasteiger partial charge in [0, 0.05) is 4.75 Å². The minimum absolute atomic E-state index is 0.142. The molecule has 0 saturated carbocycles. The third-order valence-corrected chi connectivity index (χ3v) is 5.20. The molecule has 0 aromatic carbocycles. The predicted octanol–water partition coefficient (Wildman–Crippen LogP) is 0.609. The van der Waals surface area contributed by atoms with E-state index in [9.17, 15) is 14.7 Å². The van der Waals surface area contributed by atoms with Crippen LogP contribution < -0.4 is 0 Å². The van der Waals surface area contributed by atoms with E-state index in [0.29, 0.717) is 0 Å². The minimum atomic E-state index is -1.06. The number of methoxy groups -OCH3 is 1. The van der Waals surface area contributed by atoms with Crippen molar-refractivity contribution in [2.75, 3.05) is 7.11 Å². The lowest BCUT2D eigenvalue weighted by atomic mass is 9.81. The molecular formula is C12H19NO4S. The van der Waals surface area contributed by atoms with Crippen LogP contribution in [0.3, 0.4) is 0 Å². The quantitative estimate of drug-likeness (QED) is 0.590. The minimum Gasteiger partial charge on any atom is -0.467 e. The summed E-state index contributed by atoms with van der Waals surface area (Å²) in [7, 11) is 1.33. The van der Waals surface area contributed by atoms with E-state index in [1.54, 1.807) is 30.5 Å². The number of amides is 1. The van der Waals surface area contributed by atoms with Crippen LogP contribution in [-0.4, -0.2) is 50.8 Å². The molecule has 0 aromatic rings. The molecule has 3 atom stereocenters. The van der Waals surface area contributed by atoms with Gasteiger partial charge in [0.25, 0.3) is 0 Å². The molecule has 2 rings (SSSR count). The van der Waals surface area contributed by atoms with Gasteiger partial charge in [-0.1, -0.05) is 0 Å². The number of thioether (sulfide) groups is 1. The maximum Gasteiger partial charge on any atom is 0.330 e. The van der Waals surface area contributed by atoms with E-state index in [2.05, 4.69) is 0 Å². The smallest absolute Gasteiger partial charge is 0.330 e. The van der Waals surface area contributed by atoms with Gasteiger partial charge in [-0.3, -0.25) is 4.79 Å². The molecule has 0 spiro atoms. The summed E-state index contributed by atoms with van der Waals surface area (Å²) in [5.74, 6) is -1.00. The van der Waals surface area contributed by atoms with Crippen molar-refractivity contribution < 1.29 is 19.4 Å². The largest absolute Gasteiger partial charge is 0.467 e. The standard InChI is InChI=1S/C12H19NO4S/c1-11(2,16)6-8(14)13-7(10(15)17-5)12(3,4)18-9(6)13/h6-7,9,16H,1-5H3/t6-,7+,9-/m1/s1. The van der Waals surface area contributed by atoms with E-state index in [1.807, 2.05) is 13.8 Å². The SMILES string of the molecule is COC(=O)[C@@H]1N2C(=O)[C@@H](C(C)(C)O)[C@H]2SC1(C)C. The van der Waals surface area contributed by atoms with Crippen LogP contribution in [0.15, 0.2) is 0 Å². The lowest BCUT2D eigenvalue weighted by Crippen LogP contribution is -2.67. The van der Waals surface area contributed by atoms with Crippen LogP contribution in [0, 0.1) is 5.92 Å². The van der Waals surface area contributed by atoms with Crippen LogP contribution in [0.25, 0.3) is 0 Å². The second-order valence-corrected chi connectivity index (χ2v) is 7.69. The Morgan fingerprint density at radius 1 is 1.50 bits per heavy atom. The van der Waals surface area contributed by atoms with E-state index in [0.717, 1.165) is 0 Å². The van der Waals surface area contributed by atoms with Gasteiger partial charge in [0.1, 0.15) is 6.04 Å². The number of hydrogen-bond acceptors (Lipinski definition) is 5. The fourth-order valence-electron chi connectivity index (χ4n) is 2.76. The van der Waals surface area contributed by atoms with Gasteiger partial charge in [0.15, 0.2) is 0 Å². The molecule has 0 aliphatic carbocycles. The number of carbonyl (C=O) groups excluding carboxylic acids is 2. The highest BCUT2D eigenvalue weighted by Gasteiger charge is 2.66. The molecular weight excluding hydrogens is 254 g/mol. The Balaban J connectivity index is 2.30. The number of hydrogen-bond donors (Lipinski definition) is 1. The molecule has 0 aromatic heterocycles. The van der Waals surface area contributed by atoms with Gasteiger partial charge in [-0.25, -0.2) is 4.79 Å². The number of fused-ring (bicyclic) bond motifs is 1. The van der Waals surface area contributed by atoms with E-state index >= 15 is 0 Å². The van der Waals surface area contributed by atoms with E-state index in [-0.39, 0.29) is 11.3 Å². The Morgan fingerprint density at radius 2 is 2.06 bits per heavy atom. The average Bonchev–Trinajstić information content (AvgIpc) is 2.43. The fourth-order valence-corrected chi connectivity index (χ4v) is 4.64. The van der Waals surface area contributed by atoms with Crippen molar-refractivity contribution in [3.05, 3.63) is 0 Å². The van der Waals surface area contributed by atoms with E-state index in [4.69, 9.17) is 4.74 Å². The van der Waals surface area contributed by atoms with Gasteiger partial charge >= 0.3 is 5.97 Å². The van der Waals surface area contributed by atoms with Crippen LogP contribution >= 0.6 is 11.8 Å². The first-order valence-corrected chi connectivity index (χ1v) is 6.79. The maximum atomic E-state index is 12.2. The summed E-state index contributed by atoms with van der Waals surface area (Å²) in [5, 5.41) is 9.89. The maximum absolute atomic E-state index is 12.2. The van der Waals surface area contributed by atoms with Crippen molar-refractivity contribution in [3.63, 3.8) is 0 Å². The molecule has 2 heterocycles. The Labute approximate surface area is 111 Å². The van der Waals surface area contributed by atoms with Crippen molar-refractivity contribution in [3.8, 4) is 0 Å². The number of nitrogens with zero attached hydrogens (tertiary/aromatic N) is 1. The summed E-state index contributed by atoms with van der Waals surface area (Å²) in [6.45, 7) is 7.11. The zero-order valence-electron chi connectivity index (χ0n) is 11.3. The van der Waals surface area contributed by atoms with Gasteiger partial charge in [-0.15, -0.1) is 11.8 Å². The molecule has 2 fully saturated rings.